The number of hydrogen-bond donors (Lipinski definition) is 3. The van der Waals surface area contributed by atoms with Crippen molar-refractivity contribution in [2.45, 2.75) is 24.3 Å². The number of rotatable bonds is 6. The minimum Gasteiger partial charge on any atom is -0.478 e. The molecule has 0 spiro atoms. The molecule has 3 N–H and O–H groups in total. The quantitative estimate of drug-likeness (QED) is 0.696. The van der Waals surface area contributed by atoms with Crippen molar-refractivity contribution < 1.29 is 22.7 Å². The molecule has 0 bridgehead atoms. The molecule has 27 heavy (non-hydrogen) atoms. The van der Waals surface area contributed by atoms with Gasteiger partial charge in [-0.05, 0) is 36.4 Å². The molecule has 2 aromatic rings. The Morgan fingerprint density at radius 2 is 1.85 bits per heavy atom. The van der Waals surface area contributed by atoms with E-state index in [1.807, 2.05) is 0 Å². The highest BCUT2D eigenvalue weighted by Crippen LogP contribution is 2.29. The van der Waals surface area contributed by atoms with Crippen LogP contribution in [0.25, 0.3) is 0 Å². The number of carbonyl (C=O) groups excluding carboxylic acids is 2. The van der Waals surface area contributed by atoms with E-state index in [1.165, 1.54) is 31.2 Å². The van der Waals surface area contributed by atoms with Crippen LogP contribution in [-0.2, 0) is 19.6 Å². The second kappa shape index (κ2) is 7.77. The summed E-state index contributed by atoms with van der Waals surface area (Å²) in [5.74, 6) is 0.00198. The van der Waals surface area contributed by atoms with Crippen LogP contribution < -0.4 is 20.1 Å². The monoisotopic (exact) mass is 389 g/mol. The zero-order chi connectivity index (χ0) is 19.4. The molecular weight excluding hydrogens is 370 g/mol. The molecule has 0 radical (unpaired) electrons. The molecule has 2 amide bonds. The maximum atomic E-state index is 12.3. The fraction of sp³-hybridized carbons (Fsp3) is 0.222. The van der Waals surface area contributed by atoms with Crippen molar-refractivity contribution in [2.24, 2.45) is 0 Å². The lowest BCUT2D eigenvalue weighted by Gasteiger charge is -2.25. The zero-order valence-electron chi connectivity index (χ0n) is 14.6. The van der Waals surface area contributed by atoms with Crippen molar-refractivity contribution in [2.75, 3.05) is 17.2 Å². The molecular formula is C18H19N3O5S. The number of para-hydroxylation sites is 2. The molecule has 1 atom stereocenters. The number of hydrogen-bond acceptors (Lipinski definition) is 5. The number of benzene rings is 2. The normalized spacial score (nSPS) is 16.0. The third-order valence-electron chi connectivity index (χ3n) is 3.89. The predicted octanol–water partition coefficient (Wildman–Crippen LogP) is 1.71. The number of sulfonamides is 1. The summed E-state index contributed by atoms with van der Waals surface area (Å²) in [6.07, 6.45) is -0.589. The summed E-state index contributed by atoms with van der Waals surface area (Å²) in [5.41, 5.74) is 1.10. The Morgan fingerprint density at radius 3 is 2.56 bits per heavy atom. The van der Waals surface area contributed by atoms with Gasteiger partial charge in [0.15, 0.2) is 6.10 Å². The van der Waals surface area contributed by atoms with E-state index < -0.39 is 16.1 Å². The van der Waals surface area contributed by atoms with Crippen LogP contribution in [0.3, 0.4) is 0 Å². The van der Waals surface area contributed by atoms with Gasteiger partial charge in [0.25, 0.3) is 5.91 Å². The largest absolute Gasteiger partial charge is 0.478 e. The van der Waals surface area contributed by atoms with Gasteiger partial charge in [-0.3, -0.25) is 9.59 Å². The zero-order valence-corrected chi connectivity index (χ0v) is 15.4. The van der Waals surface area contributed by atoms with E-state index in [4.69, 9.17) is 4.74 Å². The van der Waals surface area contributed by atoms with Crippen molar-refractivity contribution in [3.8, 4) is 5.75 Å². The van der Waals surface area contributed by atoms with Crippen LogP contribution in [0.15, 0.2) is 53.4 Å². The number of ether oxygens (including phenoxy) is 1. The van der Waals surface area contributed by atoms with Crippen LogP contribution in [0, 0.1) is 0 Å². The van der Waals surface area contributed by atoms with Crippen LogP contribution >= 0.6 is 0 Å². The minimum absolute atomic E-state index is 0.0377. The lowest BCUT2D eigenvalue weighted by atomic mass is 10.2. The second-order valence-electron chi connectivity index (χ2n) is 5.98. The molecule has 0 fully saturated rings. The Morgan fingerprint density at radius 1 is 1.15 bits per heavy atom. The van der Waals surface area contributed by atoms with Crippen molar-refractivity contribution in [1.29, 1.82) is 0 Å². The van der Waals surface area contributed by atoms with Crippen molar-refractivity contribution in [1.82, 2.24) is 4.72 Å². The summed E-state index contributed by atoms with van der Waals surface area (Å²) in [6.45, 7) is 1.41. The van der Waals surface area contributed by atoms with Gasteiger partial charge in [-0.15, -0.1) is 0 Å². The minimum atomic E-state index is -3.73. The van der Waals surface area contributed by atoms with Crippen LogP contribution in [0.4, 0.5) is 11.4 Å². The van der Waals surface area contributed by atoms with E-state index >= 15 is 0 Å². The number of carbonyl (C=O) groups is 2. The smallest absolute Gasteiger partial charge is 0.265 e. The van der Waals surface area contributed by atoms with E-state index in [1.54, 1.807) is 24.3 Å². The number of fused-ring (bicyclic) bond motifs is 1. The number of nitrogens with one attached hydrogen (secondary N) is 3. The summed E-state index contributed by atoms with van der Waals surface area (Å²) in [5, 5.41) is 5.30. The van der Waals surface area contributed by atoms with Gasteiger partial charge in [-0.25, -0.2) is 13.1 Å². The molecule has 142 valence electrons. The summed E-state index contributed by atoms with van der Waals surface area (Å²) in [6, 6.07) is 12.9. The first-order valence-electron chi connectivity index (χ1n) is 8.29. The van der Waals surface area contributed by atoms with Crippen molar-refractivity contribution >= 4 is 33.2 Å². The third-order valence-corrected chi connectivity index (χ3v) is 5.37. The molecule has 1 aliphatic heterocycles. The van der Waals surface area contributed by atoms with E-state index in [2.05, 4.69) is 15.4 Å². The highest BCUT2D eigenvalue weighted by Gasteiger charge is 2.27. The lowest BCUT2D eigenvalue weighted by molar-refractivity contribution is -0.123. The van der Waals surface area contributed by atoms with E-state index in [0.717, 1.165) is 0 Å². The Bertz CT molecular complexity index is 957. The number of anilines is 2. The molecule has 1 aliphatic rings. The van der Waals surface area contributed by atoms with Crippen LogP contribution in [0.5, 0.6) is 5.75 Å². The summed E-state index contributed by atoms with van der Waals surface area (Å²) in [4.78, 5) is 23.1. The van der Waals surface area contributed by atoms with Gasteiger partial charge in [-0.2, -0.15) is 0 Å². The third kappa shape index (κ3) is 4.63. The first kappa shape index (κ1) is 18.9. The van der Waals surface area contributed by atoms with Crippen LogP contribution in [-0.4, -0.2) is 32.9 Å². The Balaban J connectivity index is 1.58. The average Bonchev–Trinajstić information content (AvgIpc) is 2.62. The molecule has 0 aromatic heterocycles. The van der Waals surface area contributed by atoms with Gasteiger partial charge in [0.2, 0.25) is 15.9 Å². The Kier molecular flexibility index (Phi) is 5.43. The van der Waals surface area contributed by atoms with Gasteiger partial charge in [-0.1, -0.05) is 12.1 Å². The van der Waals surface area contributed by atoms with Gasteiger partial charge in [0.1, 0.15) is 5.75 Å². The van der Waals surface area contributed by atoms with Crippen molar-refractivity contribution in [3.05, 3.63) is 48.5 Å². The Hall–Kier alpha value is -2.91. The maximum absolute atomic E-state index is 12.3. The molecule has 9 heteroatoms. The standard InChI is InChI=1S/C18H19N3O5S/c1-12(22)20-13-6-8-14(9-7-13)27(24,25)19-11-10-17-18(23)21-15-4-2-3-5-16(15)26-17/h2-9,17,19H,10-11H2,1H3,(H,20,22)(H,21,23). The fourth-order valence-electron chi connectivity index (χ4n) is 2.61. The van der Waals surface area contributed by atoms with Gasteiger partial charge in [0, 0.05) is 25.6 Å². The highest BCUT2D eigenvalue weighted by atomic mass is 32.2. The average molecular weight is 389 g/mol. The van der Waals surface area contributed by atoms with E-state index in [9.17, 15) is 18.0 Å². The second-order valence-corrected chi connectivity index (χ2v) is 7.75. The predicted molar refractivity (Wildman–Crippen MR) is 100 cm³/mol. The molecule has 3 rings (SSSR count). The van der Waals surface area contributed by atoms with Gasteiger partial charge < -0.3 is 15.4 Å². The van der Waals surface area contributed by atoms with Crippen LogP contribution in [0.1, 0.15) is 13.3 Å². The Labute approximate surface area is 157 Å². The summed E-state index contributed by atoms with van der Waals surface area (Å²) >= 11 is 0. The molecule has 1 heterocycles. The lowest BCUT2D eigenvalue weighted by Crippen LogP contribution is -2.39. The molecule has 0 saturated carbocycles. The first-order valence-corrected chi connectivity index (χ1v) is 9.77. The van der Waals surface area contributed by atoms with E-state index in [-0.39, 0.29) is 29.7 Å². The summed E-state index contributed by atoms with van der Waals surface area (Å²) < 4.78 is 32.8. The molecule has 0 saturated heterocycles. The van der Waals surface area contributed by atoms with Crippen LogP contribution in [0.2, 0.25) is 0 Å². The molecule has 1 unspecified atom stereocenters. The van der Waals surface area contributed by atoms with Gasteiger partial charge >= 0.3 is 0 Å². The topological polar surface area (TPSA) is 114 Å². The number of amides is 2. The highest BCUT2D eigenvalue weighted by molar-refractivity contribution is 7.89. The molecule has 0 aliphatic carbocycles. The molecule has 8 nitrogen and oxygen atoms in total. The summed E-state index contributed by atoms with van der Waals surface area (Å²) in [7, 11) is -3.73. The van der Waals surface area contributed by atoms with E-state index in [0.29, 0.717) is 17.1 Å². The maximum Gasteiger partial charge on any atom is 0.265 e. The van der Waals surface area contributed by atoms with Gasteiger partial charge in [0.05, 0.1) is 10.6 Å². The molecule has 2 aromatic carbocycles. The SMILES string of the molecule is CC(=O)Nc1ccc(S(=O)(=O)NCCC2Oc3ccccc3NC2=O)cc1. The first-order chi connectivity index (χ1) is 12.8. The van der Waals surface area contributed by atoms with Crippen molar-refractivity contribution in [3.63, 3.8) is 0 Å². The fourth-order valence-corrected chi connectivity index (χ4v) is 3.66.